The van der Waals surface area contributed by atoms with Crippen LogP contribution >= 0.6 is 0 Å². The molecule has 0 saturated heterocycles. The van der Waals surface area contributed by atoms with E-state index in [1.807, 2.05) is 100 Å². The maximum absolute atomic E-state index is 14.3. The first-order valence-electron chi connectivity index (χ1n) is 17.5. The molecule has 4 rings (SSSR count). The topological polar surface area (TPSA) is 86.7 Å². The van der Waals surface area contributed by atoms with Crippen molar-refractivity contribution in [3.05, 3.63) is 95.1 Å². The number of rotatable bonds is 8. The van der Waals surface area contributed by atoms with E-state index >= 15 is 0 Å². The highest BCUT2D eigenvalue weighted by molar-refractivity contribution is 5.85. The molecule has 3 aromatic rings. The zero-order valence-electron chi connectivity index (χ0n) is 32.0. The molecule has 0 saturated carbocycles. The number of benzene rings is 3. The Kier molecular flexibility index (Phi) is 11.8. The lowest BCUT2D eigenvalue weighted by Crippen LogP contribution is -2.59. The number of amides is 1. The summed E-state index contributed by atoms with van der Waals surface area (Å²) in [6.45, 7) is 20.8. The van der Waals surface area contributed by atoms with Crippen molar-refractivity contribution in [2.75, 3.05) is 14.2 Å². The molecule has 0 unspecified atom stereocenters. The summed E-state index contributed by atoms with van der Waals surface area (Å²) in [6, 6.07) is 22.9. The van der Waals surface area contributed by atoms with Crippen LogP contribution in [0.4, 0.5) is 4.79 Å². The summed E-state index contributed by atoms with van der Waals surface area (Å²) < 4.78 is 24.0. The van der Waals surface area contributed by atoms with E-state index in [0.29, 0.717) is 17.4 Å². The molecule has 3 aromatic carbocycles. The van der Waals surface area contributed by atoms with Crippen LogP contribution in [0.15, 0.2) is 77.8 Å². The smallest absolute Gasteiger partial charge is 0.412 e. The molecule has 8 heteroatoms. The molecule has 1 heterocycles. The summed E-state index contributed by atoms with van der Waals surface area (Å²) in [5.74, 6) is 0.459. The summed E-state index contributed by atoms with van der Waals surface area (Å²) in [7, 11) is 3.25. The second kappa shape index (κ2) is 15.3. The van der Waals surface area contributed by atoms with Crippen LogP contribution < -0.4 is 9.47 Å². The number of carbonyl (C=O) groups excluding carboxylic acids is 2. The summed E-state index contributed by atoms with van der Waals surface area (Å²) in [5.41, 5.74) is 2.48. The maximum atomic E-state index is 14.3. The zero-order valence-corrected chi connectivity index (χ0v) is 32.0. The van der Waals surface area contributed by atoms with Crippen molar-refractivity contribution in [2.24, 2.45) is 16.3 Å². The largest absolute Gasteiger partial charge is 0.497 e. The second-order valence-corrected chi connectivity index (χ2v) is 16.4. The highest BCUT2D eigenvalue weighted by atomic mass is 16.6. The molecule has 4 atom stereocenters. The van der Waals surface area contributed by atoms with Gasteiger partial charge in [-0.15, -0.1) is 0 Å². The van der Waals surface area contributed by atoms with Crippen molar-refractivity contribution in [1.29, 1.82) is 0 Å². The Hall–Kier alpha value is -4.33. The molecular formula is C42H56N2O6. The minimum Gasteiger partial charge on any atom is -0.497 e. The van der Waals surface area contributed by atoms with Crippen LogP contribution in [0.5, 0.6) is 11.5 Å². The van der Waals surface area contributed by atoms with Gasteiger partial charge in [-0.05, 0) is 41.0 Å². The normalized spacial score (nSPS) is 18.9. The van der Waals surface area contributed by atoms with Gasteiger partial charge >= 0.3 is 12.1 Å². The fraction of sp³-hybridized carbons (Fsp3) is 0.500. The molecule has 50 heavy (non-hydrogen) atoms. The number of methoxy groups -OCH3 is 2. The predicted molar refractivity (Wildman–Crippen MR) is 199 cm³/mol. The van der Waals surface area contributed by atoms with Gasteiger partial charge in [-0.3, -0.25) is 9.69 Å². The molecule has 0 fully saturated rings. The lowest BCUT2D eigenvalue weighted by atomic mass is 9.76. The van der Waals surface area contributed by atoms with Gasteiger partial charge in [0.05, 0.1) is 26.6 Å². The predicted octanol–water partition coefficient (Wildman–Crippen LogP) is 9.44. The first kappa shape index (κ1) is 38.5. The highest BCUT2D eigenvalue weighted by Crippen LogP contribution is 2.45. The van der Waals surface area contributed by atoms with Gasteiger partial charge in [-0.1, -0.05) is 123 Å². The average molecular weight is 685 g/mol. The van der Waals surface area contributed by atoms with E-state index in [1.54, 1.807) is 19.1 Å². The Morgan fingerprint density at radius 2 is 1.34 bits per heavy atom. The zero-order chi connectivity index (χ0) is 37.0. The van der Waals surface area contributed by atoms with Crippen LogP contribution in [0.1, 0.15) is 104 Å². The van der Waals surface area contributed by atoms with E-state index in [4.69, 9.17) is 23.9 Å². The molecule has 1 amide bonds. The number of aliphatic imine (C=N–C) groups is 1. The van der Waals surface area contributed by atoms with Gasteiger partial charge in [0.15, 0.2) is 5.90 Å². The van der Waals surface area contributed by atoms with Gasteiger partial charge in [0, 0.05) is 28.5 Å². The van der Waals surface area contributed by atoms with Gasteiger partial charge in [0.2, 0.25) is 0 Å². The van der Waals surface area contributed by atoms with Crippen molar-refractivity contribution in [3.63, 3.8) is 0 Å². The van der Waals surface area contributed by atoms with E-state index in [9.17, 15) is 9.59 Å². The second-order valence-electron chi connectivity index (χ2n) is 16.4. The third-order valence-electron chi connectivity index (χ3n) is 9.33. The van der Waals surface area contributed by atoms with Crippen LogP contribution in [-0.4, -0.2) is 49.3 Å². The molecule has 0 spiro atoms. The lowest BCUT2D eigenvalue weighted by molar-refractivity contribution is -0.135. The third kappa shape index (κ3) is 8.87. The van der Waals surface area contributed by atoms with Gasteiger partial charge in [0.25, 0.3) is 0 Å². The number of esters is 1. The summed E-state index contributed by atoms with van der Waals surface area (Å²) >= 11 is 0. The minimum atomic E-state index is -0.557. The number of carbonyl (C=O) groups is 2. The van der Waals surface area contributed by atoms with Gasteiger partial charge < -0.3 is 18.9 Å². The van der Waals surface area contributed by atoms with Gasteiger partial charge in [-0.25, -0.2) is 9.79 Å². The number of nitrogens with zero attached hydrogens (tertiary/aromatic N) is 2. The molecule has 1 aliphatic rings. The van der Waals surface area contributed by atoms with E-state index in [-0.39, 0.29) is 29.8 Å². The van der Waals surface area contributed by atoms with Crippen molar-refractivity contribution in [3.8, 4) is 11.5 Å². The molecule has 270 valence electrons. The first-order chi connectivity index (χ1) is 23.4. The van der Waals surface area contributed by atoms with Crippen molar-refractivity contribution >= 4 is 18.0 Å². The van der Waals surface area contributed by atoms with E-state index in [2.05, 4.69) is 41.5 Å². The number of hydrogen-bond acceptors (Lipinski definition) is 7. The van der Waals surface area contributed by atoms with Gasteiger partial charge in [0.1, 0.15) is 24.3 Å². The first-order valence-corrected chi connectivity index (χ1v) is 17.5. The fourth-order valence-electron chi connectivity index (χ4n) is 6.67. The summed E-state index contributed by atoms with van der Waals surface area (Å²) in [5, 5.41) is 0. The molecule has 8 nitrogen and oxygen atoms in total. The third-order valence-corrected chi connectivity index (χ3v) is 9.33. The highest BCUT2D eigenvalue weighted by Gasteiger charge is 2.49. The molecule has 1 aliphatic heterocycles. The van der Waals surface area contributed by atoms with Crippen LogP contribution in [0, 0.1) is 11.3 Å². The molecular weight excluding hydrogens is 628 g/mol. The van der Waals surface area contributed by atoms with Crippen LogP contribution in [-0.2, 0) is 31.7 Å². The molecule has 0 radical (unpaired) electrons. The van der Waals surface area contributed by atoms with Crippen LogP contribution in [0.2, 0.25) is 0 Å². The SMILES string of the molecule is COC1=N[C@@H](C(C)(C)C)N(C(=O)OCc2ccccc2)[C@@H](C)[C@@H]1[C@H](CC(=O)Oc1c(C(C)(C)C)cc(OC)cc1C(C)(C)C)c1ccccc1. The molecule has 0 aliphatic carbocycles. The fourth-order valence-corrected chi connectivity index (χ4v) is 6.67. The van der Waals surface area contributed by atoms with E-state index < -0.39 is 35.6 Å². The van der Waals surface area contributed by atoms with Crippen LogP contribution in [0.25, 0.3) is 0 Å². The monoisotopic (exact) mass is 684 g/mol. The van der Waals surface area contributed by atoms with Crippen molar-refractivity contribution < 1.29 is 28.5 Å². The van der Waals surface area contributed by atoms with Crippen molar-refractivity contribution in [2.45, 2.75) is 111 Å². The summed E-state index contributed by atoms with van der Waals surface area (Å²) in [6.07, 6.45) is -1.01. The Balaban J connectivity index is 1.78. The Bertz CT molecular complexity index is 1610. The molecule has 0 bridgehead atoms. The maximum Gasteiger partial charge on any atom is 0.412 e. The Labute approximate surface area is 299 Å². The number of hydrogen-bond donors (Lipinski definition) is 0. The standard InChI is InChI=1S/C42H56N2O6/c1-27-35(37(48-12)43-38(42(8,9)10)44(27)39(46)49-26-28-19-15-13-16-20-28)31(29-21-17-14-18-22-29)25-34(45)50-36-32(40(2,3)4)23-30(47-11)24-33(36)41(5,6)7/h13-24,27,31,35,38H,25-26H2,1-12H3/t27-,31+,35+,38+/m0/s1. The van der Waals surface area contributed by atoms with E-state index in [0.717, 1.165) is 22.3 Å². The minimum absolute atomic E-state index is 0.0215. The van der Waals surface area contributed by atoms with E-state index in [1.165, 1.54) is 0 Å². The Morgan fingerprint density at radius 3 is 1.82 bits per heavy atom. The molecule has 0 aromatic heterocycles. The summed E-state index contributed by atoms with van der Waals surface area (Å²) in [4.78, 5) is 35.1. The average Bonchev–Trinajstić information content (AvgIpc) is 3.05. The van der Waals surface area contributed by atoms with Crippen molar-refractivity contribution in [1.82, 2.24) is 4.90 Å². The number of ether oxygens (including phenoxy) is 4. The molecule has 0 N–H and O–H groups in total. The quantitative estimate of drug-likeness (QED) is 0.174. The Morgan fingerprint density at radius 1 is 0.800 bits per heavy atom. The van der Waals surface area contributed by atoms with Crippen LogP contribution in [0.3, 0.4) is 0 Å². The van der Waals surface area contributed by atoms with Gasteiger partial charge in [-0.2, -0.15) is 0 Å². The lowest BCUT2D eigenvalue weighted by Gasteiger charge is -2.48.